The molecule has 0 spiro atoms. The summed E-state index contributed by atoms with van der Waals surface area (Å²) in [5.41, 5.74) is 3.13. The number of fused-ring (bicyclic) bond motifs is 1. The molecule has 4 rings (SSSR count). The second-order valence-electron chi connectivity index (χ2n) is 6.60. The van der Waals surface area contributed by atoms with Crippen LogP contribution >= 0.6 is 11.3 Å². The zero-order chi connectivity index (χ0) is 18.1. The van der Waals surface area contributed by atoms with Crippen molar-refractivity contribution < 1.29 is 5.11 Å². The number of aliphatic hydroxyl groups is 1. The van der Waals surface area contributed by atoms with E-state index in [4.69, 9.17) is 0 Å². The van der Waals surface area contributed by atoms with Crippen LogP contribution < -0.4 is 4.90 Å². The highest BCUT2D eigenvalue weighted by atomic mass is 32.1. The van der Waals surface area contributed by atoms with E-state index in [1.54, 1.807) is 19.3 Å². The van der Waals surface area contributed by atoms with Gasteiger partial charge in [0.1, 0.15) is 11.1 Å². The standard InChI is InChI=1S/C18H22N6OS/c1-12(14-3-4-15-16(11-14)20-6-5-19-15)23-7-9-24(10-8-23)18-22-21-17(26-18)13(2)25/h3-6,11-13,25H,7-10H2,1-2H3. The lowest BCUT2D eigenvalue weighted by Crippen LogP contribution is -2.47. The molecular formula is C18H22N6OS. The Morgan fingerprint density at radius 3 is 2.42 bits per heavy atom. The van der Waals surface area contributed by atoms with Gasteiger partial charge in [0.2, 0.25) is 5.13 Å². The van der Waals surface area contributed by atoms with Gasteiger partial charge < -0.3 is 10.0 Å². The normalized spacial score (nSPS) is 18.2. The molecule has 2 unspecified atom stereocenters. The van der Waals surface area contributed by atoms with E-state index in [1.807, 2.05) is 6.07 Å². The zero-order valence-corrected chi connectivity index (χ0v) is 15.7. The summed E-state index contributed by atoms with van der Waals surface area (Å²) < 4.78 is 0. The van der Waals surface area contributed by atoms with Gasteiger partial charge in [-0.1, -0.05) is 17.4 Å². The summed E-state index contributed by atoms with van der Waals surface area (Å²) in [5, 5.41) is 19.5. The predicted octanol–water partition coefficient (Wildman–Crippen LogP) is 2.42. The van der Waals surface area contributed by atoms with Crippen LogP contribution in [-0.4, -0.2) is 56.4 Å². The Balaban J connectivity index is 1.43. The first-order valence-corrected chi connectivity index (χ1v) is 9.64. The van der Waals surface area contributed by atoms with Gasteiger partial charge in [-0.2, -0.15) is 0 Å². The van der Waals surface area contributed by atoms with Crippen molar-refractivity contribution in [1.82, 2.24) is 25.1 Å². The first-order chi connectivity index (χ1) is 12.6. The molecular weight excluding hydrogens is 348 g/mol. The van der Waals surface area contributed by atoms with Gasteiger partial charge in [0.25, 0.3) is 0 Å². The molecule has 1 aliphatic heterocycles. The van der Waals surface area contributed by atoms with Crippen LogP contribution in [0.2, 0.25) is 0 Å². The van der Waals surface area contributed by atoms with E-state index in [-0.39, 0.29) is 0 Å². The van der Waals surface area contributed by atoms with Gasteiger partial charge in [0.05, 0.1) is 11.0 Å². The first-order valence-electron chi connectivity index (χ1n) is 8.83. The maximum absolute atomic E-state index is 9.62. The molecule has 0 amide bonds. The van der Waals surface area contributed by atoms with Crippen LogP contribution in [-0.2, 0) is 0 Å². The van der Waals surface area contributed by atoms with E-state index in [9.17, 15) is 5.11 Å². The number of rotatable bonds is 4. The third-order valence-electron chi connectivity index (χ3n) is 4.90. The lowest BCUT2D eigenvalue weighted by Gasteiger charge is -2.38. The molecule has 2 aromatic heterocycles. The molecule has 0 aliphatic carbocycles. The largest absolute Gasteiger partial charge is 0.386 e. The molecule has 0 radical (unpaired) electrons. The predicted molar refractivity (Wildman–Crippen MR) is 102 cm³/mol. The molecule has 3 aromatic rings. The molecule has 1 saturated heterocycles. The number of hydrogen-bond acceptors (Lipinski definition) is 8. The van der Waals surface area contributed by atoms with Gasteiger partial charge in [-0.25, -0.2) is 0 Å². The van der Waals surface area contributed by atoms with Crippen LogP contribution in [0.1, 0.15) is 36.6 Å². The van der Waals surface area contributed by atoms with Crippen LogP contribution in [0.5, 0.6) is 0 Å². The average molecular weight is 370 g/mol. The highest BCUT2D eigenvalue weighted by Gasteiger charge is 2.24. The highest BCUT2D eigenvalue weighted by molar-refractivity contribution is 7.15. The molecule has 26 heavy (non-hydrogen) atoms. The molecule has 1 aromatic carbocycles. The molecule has 0 saturated carbocycles. The van der Waals surface area contributed by atoms with Crippen LogP contribution in [0.25, 0.3) is 11.0 Å². The molecule has 2 atom stereocenters. The number of nitrogens with zero attached hydrogens (tertiary/aromatic N) is 6. The van der Waals surface area contributed by atoms with Crippen molar-refractivity contribution in [3.63, 3.8) is 0 Å². The highest BCUT2D eigenvalue weighted by Crippen LogP contribution is 2.28. The fraction of sp³-hybridized carbons (Fsp3) is 0.444. The summed E-state index contributed by atoms with van der Waals surface area (Å²) >= 11 is 1.47. The van der Waals surface area contributed by atoms with E-state index in [1.165, 1.54) is 16.9 Å². The van der Waals surface area contributed by atoms with Crippen molar-refractivity contribution >= 4 is 27.5 Å². The van der Waals surface area contributed by atoms with Crippen LogP contribution in [0, 0.1) is 0 Å². The second kappa shape index (κ2) is 7.22. The van der Waals surface area contributed by atoms with E-state index in [0.717, 1.165) is 42.3 Å². The molecule has 1 N–H and O–H groups in total. The Hall–Kier alpha value is -2.16. The van der Waals surface area contributed by atoms with Crippen molar-refractivity contribution in [2.75, 3.05) is 31.1 Å². The van der Waals surface area contributed by atoms with Crippen molar-refractivity contribution in [3.8, 4) is 0 Å². The molecule has 136 valence electrons. The van der Waals surface area contributed by atoms with Crippen LogP contribution in [0.15, 0.2) is 30.6 Å². The minimum atomic E-state index is -0.557. The number of anilines is 1. The van der Waals surface area contributed by atoms with Crippen molar-refractivity contribution in [2.24, 2.45) is 0 Å². The van der Waals surface area contributed by atoms with Crippen molar-refractivity contribution in [3.05, 3.63) is 41.2 Å². The first kappa shape index (κ1) is 17.3. The summed E-state index contributed by atoms with van der Waals surface area (Å²) in [6.07, 6.45) is 2.90. The van der Waals surface area contributed by atoms with Crippen molar-refractivity contribution in [1.29, 1.82) is 0 Å². The number of benzene rings is 1. The Kier molecular flexibility index (Phi) is 4.80. The van der Waals surface area contributed by atoms with Gasteiger partial charge in [-0.15, -0.1) is 10.2 Å². The number of aliphatic hydroxyl groups excluding tert-OH is 1. The third kappa shape index (κ3) is 3.40. The lowest BCUT2D eigenvalue weighted by molar-refractivity contribution is 0.197. The minimum Gasteiger partial charge on any atom is -0.386 e. The average Bonchev–Trinajstić information content (AvgIpc) is 3.18. The number of hydrogen-bond donors (Lipinski definition) is 1. The summed E-state index contributed by atoms with van der Waals surface area (Å²) in [4.78, 5) is 13.5. The number of piperazine rings is 1. The zero-order valence-electron chi connectivity index (χ0n) is 14.9. The summed E-state index contributed by atoms with van der Waals surface area (Å²) in [5.74, 6) is 0. The van der Waals surface area contributed by atoms with E-state index in [2.05, 4.69) is 49.0 Å². The SMILES string of the molecule is CC(O)c1nnc(N2CCN(C(C)c3ccc4nccnc4c3)CC2)s1. The van der Waals surface area contributed by atoms with Gasteiger partial charge in [0, 0.05) is 44.6 Å². The monoisotopic (exact) mass is 370 g/mol. The van der Waals surface area contributed by atoms with Gasteiger partial charge in [0.15, 0.2) is 0 Å². The van der Waals surface area contributed by atoms with Gasteiger partial charge >= 0.3 is 0 Å². The molecule has 0 bridgehead atoms. The molecule has 8 heteroatoms. The van der Waals surface area contributed by atoms with E-state index >= 15 is 0 Å². The summed E-state index contributed by atoms with van der Waals surface area (Å²) in [6, 6.07) is 6.65. The number of aromatic nitrogens is 4. The fourth-order valence-electron chi connectivity index (χ4n) is 3.27. The fourth-order valence-corrected chi connectivity index (χ4v) is 4.11. The van der Waals surface area contributed by atoms with Crippen LogP contribution in [0.4, 0.5) is 5.13 Å². The van der Waals surface area contributed by atoms with Crippen molar-refractivity contribution in [2.45, 2.75) is 26.0 Å². The van der Waals surface area contributed by atoms with Gasteiger partial charge in [-0.05, 0) is 31.5 Å². The molecule has 7 nitrogen and oxygen atoms in total. The summed E-state index contributed by atoms with van der Waals surface area (Å²) in [7, 11) is 0. The van der Waals surface area contributed by atoms with Gasteiger partial charge in [-0.3, -0.25) is 14.9 Å². The Bertz CT molecular complexity index is 890. The Morgan fingerprint density at radius 2 is 1.73 bits per heavy atom. The minimum absolute atomic E-state index is 0.325. The molecule has 1 fully saturated rings. The van der Waals surface area contributed by atoms with Crippen LogP contribution in [0.3, 0.4) is 0 Å². The second-order valence-corrected chi connectivity index (χ2v) is 7.59. The topological polar surface area (TPSA) is 78.3 Å². The van der Waals surface area contributed by atoms with E-state index < -0.39 is 6.10 Å². The summed E-state index contributed by atoms with van der Waals surface area (Å²) in [6.45, 7) is 7.70. The third-order valence-corrected chi connectivity index (χ3v) is 6.05. The van der Waals surface area contributed by atoms with E-state index in [0.29, 0.717) is 11.0 Å². The quantitative estimate of drug-likeness (QED) is 0.755. The molecule has 1 aliphatic rings. The Morgan fingerprint density at radius 1 is 1.00 bits per heavy atom. The maximum Gasteiger partial charge on any atom is 0.208 e. The molecule has 3 heterocycles. The lowest BCUT2D eigenvalue weighted by atomic mass is 10.1. The Labute approximate surface area is 156 Å². The maximum atomic E-state index is 9.62. The smallest absolute Gasteiger partial charge is 0.208 e.